The van der Waals surface area contributed by atoms with E-state index in [0.29, 0.717) is 6.04 Å². The zero-order valence-corrected chi connectivity index (χ0v) is 12.3. The Hall–Kier alpha value is -1.06. The van der Waals surface area contributed by atoms with E-state index in [2.05, 4.69) is 53.3 Å². The molecule has 0 aliphatic rings. The number of benzene rings is 1. The first kappa shape index (κ1) is 13.4. The molecule has 1 N–H and O–H groups in total. The van der Waals surface area contributed by atoms with Gasteiger partial charge in [0.1, 0.15) is 5.76 Å². The molecule has 0 aliphatic heterocycles. The Morgan fingerprint density at radius 3 is 2.78 bits per heavy atom. The first-order chi connectivity index (χ1) is 8.72. The van der Waals surface area contributed by atoms with E-state index in [9.17, 15) is 0 Å². The smallest absolute Gasteiger partial charge is 0.105 e. The van der Waals surface area contributed by atoms with Crippen LogP contribution in [-0.4, -0.2) is 6.54 Å². The third kappa shape index (κ3) is 3.03. The average molecular weight is 308 g/mol. The maximum Gasteiger partial charge on any atom is 0.105 e. The minimum absolute atomic E-state index is 0.290. The molecule has 0 amide bonds. The van der Waals surface area contributed by atoms with Crippen molar-refractivity contribution in [1.82, 2.24) is 5.32 Å². The third-order valence-electron chi connectivity index (χ3n) is 3.12. The van der Waals surface area contributed by atoms with Gasteiger partial charge in [-0.05, 0) is 42.8 Å². The van der Waals surface area contributed by atoms with Gasteiger partial charge in [-0.2, -0.15) is 0 Å². The molecule has 0 aliphatic carbocycles. The molecule has 96 valence electrons. The second-order valence-corrected chi connectivity index (χ2v) is 5.20. The fourth-order valence-corrected chi connectivity index (χ4v) is 2.55. The van der Waals surface area contributed by atoms with E-state index in [1.807, 2.05) is 12.1 Å². The quantitative estimate of drug-likeness (QED) is 0.893. The predicted molar refractivity (Wildman–Crippen MR) is 77.7 cm³/mol. The number of hydrogen-bond acceptors (Lipinski definition) is 2. The largest absolute Gasteiger partial charge is 0.469 e. The lowest BCUT2D eigenvalue weighted by atomic mass is 9.98. The summed E-state index contributed by atoms with van der Waals surface area (Å²) in [6.07, 6.45) is 2.60. The SMILES string of the molecule is CCNC(Cc1ccco1)c1cccc(Br)c1C. The number of nitrogens with one attached hydrogen (secondary N) is 1. The highest BCUT2D eigenvalue weighted by atomic mass is 79.9. The topological polar surface area (TPSA) is 25.2 Å². The molecule has 1 unspecified atom stereocenters. The summed E-state index contributed by atoms with van der Waals surface area (Å²) >= 11 is 3.59. The van der Waals surface area contributed by atoms with Gasteiger partial charge in [-0.25, -0.2) is 0 Å². The molecule has 0 fully saturated rings. The maximum atomic E-state index is 5.45. The summed E-state index contributed by atoms with van der Waals surface area (Å²) in [5, 5.41) is 3.52. The van der Waals surface area contributed by atoms with Gasteiger partial charge in [-0.3, -0.25) is 0 Å². The minimum atomic E-state index is 0.290. The van der Waals surface area contributed by atoms with E-state index < -0.39 is 0 Å². The van der Waals surface area contributed by atoms with E-state index >= 15 is 0 Å². The van der Waals surface area contributed by atoms with Crippen LogP contribution in [0.3, 0.4) is 0 Å². The van der Waals surface area contributed by atoms with Crippen molar-refractivity contribution < 1.29 is 4.42 Å². The van der Waals surface area contributed by atoms with Crippen LogP contribution in [0.4, 0.5) is 0 Å². The molecular weight excluding hydrogens is 290 g/mol. The number of rotatable bonds is 5. The van der Waals surface area contributed by atoms with E-state index in [1.165, 1.54) is 11.1 Å². The maximum absolute atomic E-state index is 5.45. The van der Waals surface area contributed by atoms with E-state index in [4.69, 9.17) is 4.42 Å². The molecule has 18 heavy (non-hydrogen) atoms. The molecule has 0 saturated heterocycles. The Bertz CT molecular complexity index is 493. The van der Waals surface area contributed by atoms with Crippen LogP contribution in [0.2, 0.25) is 0 Å². The van der Waals surface area contributed by atoms with E-state index in [-0.39, 0.29) is 0 Å². The number of likely N-dealkylation sites (N-methyl/N-ethyl adjacent to an activating group) is 1. The van der Waals surface area contributed by atoms with Crippen LogP contribution in [0.5, 0.6) is 0 Å². The monoisotopic (exact) mass is 307 g/mol. The normalized spacial score (nSPS) is 12.6. The van der Waals surface area contributed by atoms with Gasteiger partial charge in [0, 0.05) is 16.9 Å². The predicted octanol–water partition coefficient (Wildman–Crippen LogP) is 4.24. The lowest BCUT2D eigenvalue weighted by Crippen LogP contribution is -2.23. The van der Waals surface area contributed by atoms with Crippen molar-refractivity contribution in [1.29, 1.82) is 0 Å². The highest BCUT2D eigenvalue weighted by molar-refractivity contribution is 9.10. The number of furan rings is 1. The van der Waals surface area contributed by atoms with Gasteiger partial charge in [0.25, 0.3) is 0 Å². The number of hydrogen-bond donors (Lipinski definition) is 1. The first-order valence-corrected chi connectivity index (χ1v) is 7.02. The summed E-state index contributed by atoms with van der Waals surface area (Å²) in [6.45, 7) is 5.21. The zero-order chi connectivity index (χ0) is 13.0. The molecule has 3 heteroatoms. The van der Waals surface area contributed by atoms with Gasteiger partial charge in [-0.15, -0.1) is 0 Å². The second-order valence-electron chi connectivity index (χ2n) is 4.35. The Labute approximate surface area is 117 Å². The van der Waals surface area contributed by atoms with Crippen LogP contribution in [-0.2, 0) is 6.42 Å². The fourth-order valence-electron chi connectivity index (χ4n) is 2.17. The van der Waals surface area contributed by atoms with Crippen molar-refractivity contribution in [3.05, 3.63) is 58.0 Å². The Morgan fingerprint density at radius 2 is 2.11 bits per heavy atom. The highest BCUT2D eigenvalue weighted by Crippen LogP contribution is 2.27. The van der Waals surface area contributed by atoms with Crippen LogP contribution in [0.1, 0.15) is 29.9 Å². The van der Waals surface area contributed by atoms with Crippen molar-refractivity contribution >= 4 is 15.9 Å². The van der Waals surface area contributed by atoms with Crippen molar-refractivity contribution in [3.8, 4) is 0 Å². The average Bonchev–Trinajstić information content (AvgIpc) is 2.85. The van der Waals surface area contributed by atoms with Crippen molar-refractivity contribution in [2.75, 3.05) is 6.54 Å². The Kier molecular flexibility index (Phi) is 4.61. The van der Waals surface area contributed by atoms with Gasteiger partial charge in [-0.1, -0.05) is 35.0 Å². The molecule has 1 aromatic heterocycles. The van der Waals surface area contributed by atoms with Gasteiger partial charge in [0.05, 0.1) is 6.26 Å². The summed E-state index contributed by atoms with van der Waals surface area (Å²) in [4.78, 5) is 0. The van der Waals surface area contributed by atoms with Crippen LogP contribution >= 0.6 is 15.9 Å². The van der Waals surface area contributed by atoms with Crippen LogP contribution in [0, 0.1) is 6.92 Å². The standard InChI is InChI=1S/C15H18BrNO/c1-3-17-15(10-12-6-5-9-18-12)13-7-4-8-14(16)11(13)2/h4-9,15,17H,3,10H2,1-2H3. The van der Waals surface area contributed by atoms with Crippen LogP contribution in [0.15, 0.2) is 45.5 Å². The fraction of sp³-hybridized carbons (Fsp3) is 0.333. The molecule has 2 aromatic rings. The lowest BCUT2D eigenvalue weighted by molar-refractivity contribution is 0.454. The van der Waals surface area contributed by atoms with Gasteiger partial charge in [0.15, 0.2) is 0 Å². The highest BCUT2D eigenvalue weighted by Gasteiger charge is 2.15. The molecule has 0 radical (unpaired) electrons. The summed E-state index contributed by atoms with van der Waals surface area (Å²) in [5.41, 5.74) is 2.61. The summed E-state index contributed by atoms with van der Waals surface area (Å²) in [7, 11) is 0. The Balaban J connectivity index is 2.26. The third-order valence-corrected chi connectivity index (χ3v) is 3.98. The molecule has 0 bridgehead atoms. The van der Waals surface area contributed by atoms with Gasteiger partial charge < -0.3 is 9.73 Å². The zero-order valence-electron chi connectivity index (χ0n) is 10.7. The molecule has 2 rings (SSSR count). The van der Waals surface area contributed by atoms with Gasteiger partial charge in [0.2, 0.25) is 0 Å². The van der Waals surface area contributed by atoms with Crippen LogP contribution < -0.4 is 5.32 Å². The first-order valence-electron chi connectivity index (χ1n) is 6.23. The molecule has 1 heterocycles. The molecule has 2 nitrogen and oxygen atoms in total. The van der Waals surface area contributed by atoms with E-state index in [0.717, 1.165) is 23.2 Å². The molecular formula is C15H18BrNO. The molecule has 0 spiro atoms. The van der Waals surface area contributed by atoms with Crippen molar-refractivity contribution in [3.63, 3.8) is 0 Å². The lowest BCUT2D eigenvalue weighted by Gasteiger charge is -2.20. The van der Waals surface area contributed by atoms with Crippen LogP contribution in [0.25, 0.3) is 0 Å². The molecule has 1 atom stereocenters. The minimum Gasteiger partial charge on any atom is -0.469 e. The summed E-state index contributed by atoms with van der Waals surface area (Å²) < 4.78 is 6.61. The second kappa shape index (κ2) is 6.21. The summed E-state index contributed by atoms with van der Waals surface area (Å²) in [5.74, 6) is 1.01. The Morgan fingerprint density at radius 1 is 1.28 bits per heavy atom. The van der Waals surface area contributed by atoms with Crippen molar-refractivity contribution in [2.45, 2.75) is 26.3 Å². The van der Waals surface area contributed by atoms with Gasteiger partial charge >= 0.3 is 0 Å². The number of halogens is 1. The summed E-state index contributed by atoms with van der Waals surface area (Å²) in [6, 6.07) is 10.6. The molecule has 0 saturated carbocycles. The molecule has 1 aromatic carbocycles. The van der Waals surface area contributed by atoms with Crippen molar-refractivity contribution in [2.24, 2.45) is 0 Å². The van der Waals surface area contributed by atoms with E-state index in [1.54, 1.807) is 6.26 Å².